The van der Waals surface area contributed by atoms with E-state index < -0.39 is 5.91 Å². The number of amides is 1. The topological polar surface area (TPSA) is 104 Å². The quantitative estimate of drug-likeness (QED) is 0.330. The van der Waals surface area contributed by atoms with E-state index in [1.165, 1.54) is 19.3 Å². The standard InChI is InChI=1S/C26H20ClN3O4/c1-32-24-15-19(14-23(27)25(24)33-12-11-28)13-20(16-29)26(31)30-21-7-9-22(10-8-21)34-17-18-5-3-2-4-6-18/h2-10,13-15H,12,17H2,1H3,(H,30,31)/b20-13+. The normalized spacial score (nSPS) is 10.5. The third-order valence-corrected chi connectivity index (χ3v) is 4.85. The van der Waals surface area contributed by atoms with Gasteiger partial charge in [0.1, 0.15) is 30.1 Å². The lowest BCUT2D eigenvalue weighted by molar-refractivity contribution is -0.112. The lowest BCUT2D eigenvalue weighted by Gasteiger charge is -2.11. The molecule has 3 rings (SSSR count). The van der Waals surface area contributed by atoms with E-state index in [-0.39, 0.29) is 28.7 Å². The molecule has 0 atom stereocenters. The van der Waals surface area contributed by atoms with E-state index in [1.54, 1.807) is 30.3 Å². The summed E-state index contributed by atoms with van der Waals surface area (Å²) in [5.74, 6) is 0.553. The highest BCUT2D eigenvalue weighted by Gasteiger charge is 2.14. The van der Waals surface area contributed by atoms with E-state index in [1.807, 2.05) is 42.5 Å². The second kappa shape index (κ2) is 12.0. The fraction of sp³-hybridized carbons (Fsp3) is 0.115. The summed E-state index contributed by atoms with van der Waals surface area (Å²) in [5.41, 5.74) is 1.88. The van der Waals surface area contributed by atoms with Crippen LogP contribution in [0.3, 0.4) is 0 Å². The molecule has 0 aliphatic heterocycles. The maximum Gasteiger partial charge on any atom is 0.266 e. The number of ether oxygens (including phenoxy) is 3. The van der Waals surface area contributed by atoms with E-state index in [0.29, 0.717) is 23.6 Å². The molecule has 1 N–H and O–H groups in total. The summed E-state index contributed by atoms with van der Waals surface area (Å²) in [4.78, 5) is 12.6. The minimum Gasteiger partial charge on any atom is -0.493 e. The van der Waals surface area contributed by atoms with Crippen molar-refractivity contribution in [3.8, 4) is 29.4 Å². The molecule has 0 saturated carbocycles. The minimum absolute atomic E-state index is 0.131. The Morgan fingerprint density at radius 3 is 2.44 bits per heavy atom. The van der Waals surface area contributed by atoms with Crippen molar-refractivity contribution in [1.29, 1.82) is 10.5 Å². The Labute approximate surface area is 202 Å². The molecule has 170 valence electrons. The molecule has 0 spiro atoms. The van der Waals surface area contributed by atoms with Gasteiger partial charge in [-0.15, -0.1) is 0 Å². The summed E-state index contributed by atoms with van der Waals surface area (Å²) >= 11 is 6.23. The SMILES string of the molecule is COc1cc(/C=C(\C#N)C(=O)Nc2ccc(OCc3ccccc3)cc2)cc(Cl)c1OCC#N. The van der Waals surface area contributed by atoms with Gasteiger partial charge >= 0.3 is 0 Å². The van der Waals surface area contributed by atoms with Gasteiger partial charge in [0, 0.05) is 5.69 Å². The molecular weight excluding hydrogens is 454 g/mol. The molecule has 1 amide bonds. The highest BCUT2D eigenvalue weighted by molar-refractivity contribution is 6.32. The molecule has 34 heavy (non-hydrogen) atoms. The first kappa shape index (κ1) is 24.2. The Hall–Kier alpha value is -4.46. The number of carbonyl (C=O) groups excluding carboxylic acids is 1. The van der Waals surface area contributed by atoms with E-state index in [9.17, 15) is 10.1 Å². The highest BCUT2D eigenvalue weighted by atomic mass is 35.5. The van der Waals surface area contributed by atoms with E-state index in [0.717, 1.165) is 5.56 Å². The molecular formula is C26H20ClN3O4. The van der Waals surface area contributed by atoms with Crippen molar-refractivity contribution >= 4 is 29.3 Å². The zero-order chi connectivity index (χ0) is 24.3. The van der Waals surface area contributed by atoms with Gasteiger partial charge in [-0.3, -0.25) is 4.79 Å². The largest absolute Gasteiger partial charge is 0.493 e. The average molecular weight is 474 g/mol. The molecule has 3 aromatic rings. The zero-order valence-electron chi connectivity index (χ0n) is 18.2. The average Bonchev–Trinajstić information content (AvgIpc) is 2.86. The minimum atomic E-state index is -0.583. The number of hydrogen-bond acceptors (Lipinski definition) is 6. The first-order valence-electron chi connectivity index (χ1n) is 10.1. The number of rotatable bonds is 9. The number of halogens is 1. The molecule has 8 heteroatoms. The van der Waals surface area contributed by atoms with Crippen LogP contribution in [0.2, 0.25) is 5.02 Å². The molecule has 0 heterocycles. The van der Waals surface area contributed by atoms with E-state index >= 15 is 0 Å². The van der Waals surface area contributed by atoms with E-state index in [4.69, 9.17) is 31.1 Å². The van der Waals surface area contributed by atoms with Gasteiger partial charge in [0.15, 0.2) is 18.1 Å². The van der Waals surface area contributed by atoms with Gasteiger partial charge in [-0.25, -0.2) is 0 Å². The van der Waals surface area contributed by atoms with Crippen molar-refractivity contribution in [3.05, 3.63) is 88.5 Å². The van der Waals surface area contributed by atoms with Crippen LogP contribution in [0.25, 0.3) is 6.08 Å². The van der Waals surface area contributed by atoms with Crippen LogP contribution in [0, 0.1) is 22.7 Å². The number of anilines is 1. The lowest BCUT2D eigenvalue weighted by Crippen LogP contribution is -2.13. The van der Waals surface area contributed by atoms with Crippen LogP contribution in [0.5, 0.6) is 17.2 Å². The van der Waals surface area contributed by atoms with Gasteiger partial charge in [-0.05, 0) is 53.6 Å². The van der Waals surface area contributed by atoms with Crippen molar-refractivity contribution in [1.82, 2.24) is 0 Å². The molecule has 0 bridgehead atoms. The Morgan fingerprint density at radius 1 is 1.06 bits per heavy atom. The summed E-state index contributed by atoms with van der Waals surface area (Å²) in [6.07, 6.45) is 1.38. The van der Waals surface area contributed by atoms with Gasteiger partial charge < -0.3 is 19.5 Å². The summed E-state index contributed by atoms with van der Waals surface area (Å²) in [6.45, 7) is 0.230. The molecule has 0 unspecified atom stereocenters. The van der Waals surface area contributed by atoms with Gasteiger partial charge in [-0.1, -0.05) is 41.9 Å². The number of nitrogens with one attached hydrogen (secondary N) is 1. The summed E-state index contributed by atoms with van der Waals surface area (Å²) in [7, 11) is 1.42. The maximum absolute atomic E-state index is 12.6. The monoisotopic (exact) mass is 473 g/mol. The highest BCUT2D eigenvalue weighted by Crippen LogP contribution is 2.37. The molecule has 7 nitrogen and oxygen atoms in total. The molecule has 0 saturated heterocycles. The number of nitrogens with zero attached hydrogens (tertiary/aromatic N) is 2. The van der Waals surface area contributed by atoms with E-state index in [2.05, 4.69) is 5.32 Å². The maximum atomic E-state index is 12.6. The predicted octanol–water partition coefficient (Wildman–Crippen LogP) is 5.38. The first-order chi connectivity index (χ1) is 16.5. The van der Waals surface area contributed by atoms with Gasteiger partial charge in [0.25, 0.3) is 5.91 Å². The van der Waals surface area contributed by atoms with Crippen molar-refractivity contribution < 1.29 is 19.0 Å². The molecule has 0 radical (unpaired) electrons. The number of hydrogen-bond donors (Lipinski definition) is 1. The summed E-state index contributed by atoms with van der Waals surface area (Å²) < 4.78 is 16.3. The fourth-order valence-corrected chi connectivity index (χ4v) is 3.23. The summed E-state index contributed by atoms with van der Waals surface area (Å²) in [5, 5.41) is 21.1. The third-order valence-electron chi connectivity index (χ3n) is 4.57. The Balaban J connectivity index is 1.69. The van der Waals surface area contributed by atoms with Crippen molar-refractivity contribution in [2.75, 3.05) is 19.0 Å². The smallest absolute Gasteiger partial charge is 0.266 e. The Kier molecular flexibility index (Phi) is 8.51. The van der Waals surface area contributed by atoms with Crippen LogP contribution < -0.4 is 19.5 Å². The Morgan fingerprint density at radius 2 is 1.79 bits per heavy atom. The molecule has 0 aromatic heterocycles. The number of benzene rings is 3. The Bertz CT molecular complexity index is 1260. The molecule has 0 aliphatic rings. The molecule has 0 aliphatic carbocycles. The van der Waals surface area contributed by atoms with Crippen molar-refractivity contribution in [2.24, 2.45) is 0 Å². The second-order valence-corrected chi connectivity index (χ2v) is 7.31. The van der Waals surface area contributed by atoms with Crippen molar-refractivity contribution in [2.45, 2.75) is 6.61 Å². The van der Waals surface area contributed by atoms with Gasteiger partial charge in [0.2, 0.25) is 0 Å². The lowest BCUT2D eigenvalue weighted by atomic mass is 10.1. The van der Waals surface area contributed by atoms with Crippen LogP contribution >= 0.6 is 11.6 Å². The van der Waals surface area contributed by atoms with Crippen LogP contribution in [0.15, 0.2) is 72.3 Å². The second-order valence-electron chi connectivity index (χ2n) is 6.90. The van der Waals surface area contributed by atoms with Crippen LogP contribution in [-0.4, -0.2) is 19.6 Å². The third kappa shape index (κ3) is 6.52. The van der Waals surface area contributed by atoms with Crippen molar-refractivity contribution in [3.63, 3.8) is 0 Å². The van der Waals surface area contributed by atoms with Gasteiger partial charge in [-0.2, -0.15) is 10.5 Å². The number of nitriles is 2. The number of methoxy groups -OCH3 is 1. The van der Waals surface area contributed by atoms with Crippen LogP contribution in [-0.2, 0) is 11.4 Å². The van der Waals surface area contributed by atoms with Crippen LogP contribution in [0.1, 0.15) is 11.1 Å². The van der Waals surface area contributed by atoms with Gasteiger partial charge in [0.05, 0.1) is 12.1 Å². The number of carbonyl (C=O) groups is 1. The van der Waals surface area contributed by atoms with Crippen LogP contribution in [0.4, 0.5) is 5.69 Å². The zero-order valence-corrected chi connectivity index (χ0v) is 19.0. The summed E-state index contributed by atoms with van der Waals surface area (Å²) in [6, 6.07) is 23.4. The molecule has 0 fully saturated rings. The fourth-order valence-electron chi connectivity index (χ4n) is 2.96. The molecule has 3 aromatic carbocycles. The first-order valence-corrected chi connectivity index (χ1v) is 10.5. The predicted molar refractivity (Wildman–Crippen MR) is 129 cm³/mol.